The molecule has 0 saturated carbocycles. The topological polar surface area (TPSA) is 95.7 Å². The fraction of sp³-hybridized carbons (Fsp3) is 0.316. The third-order valence-corrected chi connectivity index (χ3v) is 4.87. The van der Waals surface area contributed by atoms with Gasteiger partial charge in [0, 0.05) is 25.1 Å². The van der Waals surface area contributed by atoms with E-state index in [4.69, 9.17) is 0 Å². The average Bonchev–Trinajstić information content (AvgIpc) is 2.68. The first-order chi connectivity index (χ1) is 13.7. The number of nitrogens with zero attached hydrogens (tertiary/aromatic N) is 2. The van der Waals surface area contributed by atoms with Crippen molar-refractivity contribution in [3.05, 3.63) is 58.1 Å². The number of para-hydroxylation sites is 2. The highest BCUT2D eigenvalue weighted by atomic mass is 19.4. The third-order valence-electron chi connectivity index (χ3n) is 4.87. The van der Waals surface area contributed by atoms with Gasteiger partial charge in [-0.3, -0.25) is 14.9 Å². The summed E-state index contributed by atoms with van der Waals surface area (Å²) in [6.45, 7) is 0.566. The molecule has 154 valence electrons. The van der Waals surface area contributed by atoms with Crippen molar-refractivity contribution in [3.63, 3.8) is 0 Å². The van der Waals surface area contributed by atoms with Crippen LogP contribution in [0.2, 0.25) is 0 Å². The number of benzene rings is 2. The molecular formula is C19H18F3N3O4. The lowest BCUT2D eigenvalue weighted by Gasteiger charge is -2.32. The molecule has 0 aliphatic carbocycles. The molecule has 2 aromatic carbocycles. The van der Waals surface area contributed by atoms with Gasteiger partial charge in [0.05, 0.1) is 16.2 Å². The van der Waals surface area contributed by atoms with Crippen LogP contribution in [0.15, 0.2) is 42.5 Å². The smallest absolute Gasteiger partial charge is 0.416 e. The molecule has 10 heteroatoms. The largest absolute Gasteiger partial charge is 0.506 e. The van der Waals surface area contributed by atoms with Crippen LogP contribution in [0.5, 0.6) is 5.75 Å². The number of alkyl halides is 3. The number of phenolic OH excluding ortho intramolecular Hbond substituents is 1. The zero-order valence-electron chi connectivity index (χ0n) is 15.1. The van der Waals surface area contributed by atoms with Crippen LogP contribution in [0.25, 0.3) is 0 Å². The van der Waals surface area contributed by atoms with Crippen LogP contribution in [-0.4, -0.2) is 29.0 Å². The Labute approximate surface area is 163 Å². The van der Waals surface area contributed by atoms with Crippen molar-refractivity contribution in [2.75, 3.05) is 23.3 Å². The number of nitro groups is 1. The molecule has 2 aromatic rings. The quantitative estimate of drug-likeness (QED) is 0.449. The molecule has 0 radical (unpaired) electrons. The molecule has 0 unspecified atom stereocenters. The number of carbonyl (C=O) groups is 1. The normalized spacial score (nSPS) is 15.2. The van der Waals surface area contributed by atoms with E-state index in [1.165, 1.54) is 6.07 Å². The van der Waals surface area contributed by atoms with Gasteiger partial charge in [-0.1, -0.05) is 12.1 Å². The van der Waals surface area contributed by atoms with Crippen LogP contribution >= 0.6 is 0 Å². The van der Waals surface area contributed by atoms with Crippen LogP contribution < -0.4 is 10.2 Å². The maximum atomic E-state index is 12.9. The van der Waals surface area contributed by atoms with Crippen LogP contribution in [-0.2, 0) is 11.0 Å². The maximum absolute atomic E-state index is 12.9. The summed E-state index contributed by atoms with van der Waals surface area (Å²) in [4.78, 5) is 24.5. The van der Waals surface area contributed by atoms with Gasteiger partial charge in [-0.2, -0.15) is 13.2 Å². The number of amides is 1. The summed E-state index contributed by atoms with van der Waals surface area (Å²) >= 11 is 0. The number of aromatic hydroxyl groups is 1. The molecule has 7 nitrogen and oxygen atoms in total. The van der Waals surface area contributed by atoms with Crippen molar-refractivity contribution >= 4 is 23.0 Å². The molecule has 0 atom stereocenters. The number of phenols is 1. The Morgan fingerprint density at radius 1 is 1.17 bits per heavy atom. The number of nitrogens with one attached hydrogen (secondary N) is 1. The Morgan fingerprint density at radius 2 is 1.83 bits per heavy atom. The van der Waals surface area contributed by atoms with Crippen molar-refractivity contribution in [1.29, 1.82) is 0 Å². The number of anilines is 2. The molecule has 0 aromatic heterocycles. The lowest BCUT2D eigenvalue weighted by Crippen LogP contribution is -2.38. The van der Waals surface area contributed by atoms with Crippen LogP contribution in [0.3, 0.4) is 0 Å². The number of hydrogen-bond donors (Lipinski definition) is 2. The van der Waals surface area contributed by atoms with E-state index in [-0.39, 0.29) is 36.4 Å². The standard InChI is InChI=1S/C19H18F3N3O4/c20-19(21,22)13-5-6-15(16(11-13)25(28)29)24-9-7-12(8-10-24)18(27)23-14-3-1-2-4-17(14)26/h1-6,11-12,26H,7-10H2,(H,23,27). The summed E-state index contributed by atoms with van der Waals surface area (Å²) in [6, 6.07) is 8.76. The lowest BCUT2D eigenvalue weighted by molar-refractivity contribution is -0.384. The van der Waals surface area contributed by atoms with Gasteiger partial charge in [0.1, 0.15) is 11.4 Å². The molecule has 1 fully saturated rings. The zero-order chi connectivity index (χ0) is 21.2. The first kappa shape index (κ1) is 20.4. The highest BCUT2D eigenvalue weighted by Gasteiger charge is 2.35. The lowest BCUT2D eigenvalue weighted by atomic mass is 9.95. The second-order valence-corrected chi connectivity index (χ2v) is 6.73. The van der Waals surface area contributed by atoms with Gasteiger partial charge in [0.15, 0.2) is 0 Å². The summed E-state index contributed by atoms with van der Waals surface area (Å²) in [7, 11) is 0. The van der Waals surface area contributed by atoms with Crippen molar-refractivity contribution < 1.29 is 28.0 Å². The molecule has 2 N–H and O–H groups in total. The second kappa shape index (κ2) is 7.98. The minimum absolute atomic E-state index is 0.0568. The molecule has 0 spiro atoms. The fourth-order valence-corrected chi connectivity index (χ4v) is 3.31. The molecule has 3 rings (SSSR count). The van der Waals surface area contributed by atoms with Gasteiger partial charge >= 0.3 is 6.18 Å². The predicted octanol–water partition coefficient (Wildman–Crippen LogP) is 4.17. The first-order valence-electron chi connectivity index (χ1n) is 8.86. The Bertz CT molecular complexity index is 925. The highest BCUT2D eigenvalue weighted by molar-refractivity contribution is 5.94. The number of nitro benzene ring substituents is 1. The summed E-state index contributed by atoms with van der Waals surface area (Å²) < 4.78 is 38.6. The van der Waals surface area contributed by atoms with E-state index >= 15 is 0 Å². The van der Waals surface area contributed by atoms with E-state index < -0.39 is 22.4 Å². The van der Waals surface area contributed by atoms with Gasteiger partial charge in [0.25, 0.3) is 5.69 Å². The van der Waals surface area contributed by atoms with E-state index in [1.807, 2.05) is 0 Å². The number of halogens is 3. The van der Waals surface area contributed by atoms with E-state index in [1.54, 1.807) is 23.1 Å². The molecular weight excluding hydrogens is 391 g/mol. The van der Waals surface area contributed by atoms with Gasteiger partial charge < -0.3 is 15.3 Å². The molecule has 1 amide bonds. The molecule has 1 aliphatic rings. The Kier molecular flexibility index (Phi) is 5.62. The van der Waals surface area contributed by atoms with Crippen LogP contribution in [0.1, 0.15) is 18.4 Å². The molecule has 1 aliphatic heterocycles. The third kappa shape index (κ3) is 4.58. The average molecular weight is 409 g/mol. The molecule has 1 saturated heterocycles. The number of hydrogen-bond acceptors (Lipinski definition) is 5. The van der Waals surface area contributed by atoms with Crippen LogP contribution in [0, 0.1) is 16.0 Å². The van der Waals surface area contributed by atoms with Crippen LogP contribution in [0.4, 0.5) is 30.2 Å². The Morgan fingerprint density at radius 3 is 2.41 bits per heavy atom. The minimum atomic E-state index is -4.67. The molecule has 1 heterocycles. The van der Waals surface area contributed by atoms with E-state index in [2.05, 4.69) is 5.32 Å². The van der Waals surface area contributed by atoms with E-state index in [9.17, 15) is 33.2 Å². The zero-order valence-corrected chi connectivity index (χ0v) is 15.1. The van der Waals surface area contributed by atoms with Crippen molar-refractivity contribution in [2.45, 2.75) is 19.0 Å². The number of rotatable bonds is 4. The summed E-state index contributed by atoms with van der Waals surface area (Å²) in [6.07, 6.45) is -3.92. The van der Waals surface area contributed by atoms with Gasteiger partial charge in [-0.05, 0) is 37.1 Å². The summed E-state index contributed by atoms with van der Waals surface area (Å²) in [5, 5.41) is 23.7. The predicted molar refractivity (Wildman–Crippen MR) is 99.8 cm³/mol. The highest BCUT2D eigenvalue weighted by Crippen LogP contribution is 2.37. The van der Waals surface area contributed by atoms with Gasteiger partial charge in [-0.25, -0.2) is 0 Å². The van der Waals surface area contributed by atoms with Gasteiger partial charge in [-0.15, -0.1) is 0 Å². The summed E-state index contributed by atoms with van der Waals surface area (Å²) in [5.41, 5.74) is -1.30. The molecule has 29 heavy (non-hydrogen) atoms. The minimum Gasteiger partial charge on any atom is -0.506 e. The number of carbonyl (C=O) groups excluding carboxylic acids is 1. The first-order valence-corrected chi connectivity index (χ1v) is 8.86. The van der Waals surface area contributed by atoms with E-state index in [0.717, 1.165) is 12.1 Å². The van der Waals surface area contributed by atoms with Gasteiger partial charge in [0.2, 0.25) is 5.91 Å². The summed E-state index contributed by atoms with van der Waals surface area (Å²) in [5.74, 6) is -0.717. The molecule has 0 bridgehead atoms. The fourth-order valence-electron chi connectivity index (χ4n) is 3.31. The van der Waals surface area contributed by atoms with Crippen molar-refractivity contribution in [3.8, 4) is 5.75 Å². The van der Waals surface area contributed by atoms with Crippen molar-refractivity contribution in [1.82, 2.24) is 0 Å². The second-order valence-electron chi connectivity index (χ2n) is 6.73. The maximum Gasteiger partial charge on any atom is 0.416 e. The van der Waals surface area contributed by atoms with E-state index in [0.29, 0.717) is 24.6 Å². The Balaban J connectivity index is 1.70. The Hall–Kier alpha value is -3.30. The SMILES string of the molecule is O=C(Nc1ccccc1O)C1CCN(c2ccc(C(F)(F)F)cc2[N+](=O)[O-])CC1. The monoisotopic (exact) mass is 409 g/mol. The number of piperidine rings is 1. The van der Waals surface area contributed by atoms with Crippen molar-refractivity contribution in [2.24, 2.45) is 5.92 Å².